The van der Waals surface area contributed by atoms with Gasteiger partial charge in [0.15, 0.2) is 0 Å². The number of amides is 4. The van der Waals surface area contributed by atoms with Gasteiger partial charge in [-0.05, 0) is 96.1 Å². The number of likely N-dealkylation sites (N-methyl/N-ethyl adjacent to an activating group) is 2. The van der Waals surface area contributed by atoms with Crippen molar-refractivity contribution in [2.75, 3.05) is 92.1 Å². The summed E-state index contributed by atoms with van der Waals surface area (Å²) >= 11 is 1.45. The van der Waals surface area contributed by atoms with Crippen LogP contribution in [0, 0.1) is 11.3 Å². The van der Waals surface area contributed by atoms with Crippen LogP contribution in [0.3, 0.4) is 0 Å². The number of hydrogen-bond donors (Lipinski definition) is 2. The normalized spacial score (nSPS) is 22.9. The average Bonchev–Trinajstić information content (AvgIpc) is 3.96. The van der Waals surface area contributed by atoms with E-state index >= 15 is 0 Å². The number of benzene rings is 1. The maximum Gasteiger partial charge on any atom is 0.324 e. The number of methoxy groups -OCH3 is 1. The molecule has 9 rings (SSSR count). The van der Waals surface area contributed by atoms with Crippen LogP contribution >= 0.6 is 11.3 Å². The summed E-state index contributed by atoms with van der Waals surface area (Å²) in [7, 11) is 7.70. The van der Waals surface area contributed by atoms with Crippen LogP contribution in [0.1, 0.15) is 96.0 Å². The highest BCUT2D eigenvalue weighted by Crippen LogP contribution is 2.44. The number of hydrazine groups is 1. The van der Waals surface area contributed by atoms with Gasteiger partial charge in [-0.2, -0.15) is 0 Å². The zero-order valence-corrected chi connectivity index (χ0v) is 45.1. The smallest absolute Gasteiger partial charge is 0.324 e. The van der Waals surface area contributed by atoms with Gasteiger partial charge in [0.2, 0.25) is 5.91 Å². The van der Waals surface area contributed by atoms with Crippen LogP contribution in [-0.4, -0.2) is 174 Å². The molecule has 0 aliphatic carbocycles. The van der Waals surface area contributed by atoms with Gasteiger partial charge >= 0.3 is 12.0 Å². The number of fused-ring (bicyclic) bond motifs is 6. The Balaban J connectivity index is 1.09. The Morgan fingerprint density at radius 2 is 1.72 bits per heavy atom. The molecule has 5 aliphatic rings. The highest BCUT2D eigenvalue weighted by Gasteiger charge is 2.50. The Kier molecular flexibility index (Phi) is 15.1. The quantitative estimate of drug-likeness (QED) is 0.183. The fraction of sp³-hybridized carbons (Fsp3) is 0.630. The SMILES string of the molecule is CCn1c(-c2cc(N3CCN(C)CC3)cnc2[C@H](C)OC)c2c3cc(ccc31)-c1csc(n1)C[C@H](NC(=O)C(C(C)C)N(C)C(=O)N1CCC13CCN(C)CC3)C(=O)N1CCC[C@H](N1)C(=O)OCC(C)(C)C2. The van der Waals surface area contributed by atoms with Crippen molar-refractivity contribution in [1.82, 2.24) is 49.9 Å². The number of anilines is 1. The molecule has 390 valence electrons. The summed E-state index contributed by atoms with van der Waals surface area (Å²) in [5.74, 6) is -1.47. The minimum Gasteiger partial charge on any atom is -0.464 e. The molecule has 8 heterocycles. The molecule has 0 saturated carbocycles. The van der Waals surface area contributed by atoms with Gasteiger partial charge in [-0.1, -0.05) is 33.8 Å². The minimum atomic E-state index is -1.04. The monoisotopic (exact) mass is 1010 g/mol. The lowest BCUT2D eigenvalue weighted by Crippen LogP contribution is -2.69. The maximum atomic E-state index is 14.8. The number of nitrogens with zero attached hydrogens (tertiary/aromatic N) is 9. The van der Waals surface area contributed by atoms with Gasteiger partial charge in [0.25, 0.3) is 5.91 Å². The number of hydrogen-bond acceptors (Lipinski definition) is 13. The van der Waals surface area contributed by atoms with Crippen molar-refractivity contribution in [3.8, 4) is 22.5 Å². The molecule has 6 bridgehead atoms. The lowest BCUT2D eigenvalue weighted by Gasteiger charge is -2.57. The van der Waals surface area contributed by atoms with Crippen LogP contribution in [-0.2, 0) is 43.2 Å². The van der Waals surface area contributed by atoms with Crippen molar-refractivity contribution in [2.45, 2.75) is 123 Å². The Morgan fingerprint density at radius 3 is 2.40 bits per heavy atom. The molecule has 3 aromatic heterocycles. The molecule has 0 radical (unpaired) electrons. The number of piperidine rings is 1. The number of cyclic esters (lactones) is 1. The van der Waals surface area contributed by atoms with E-state index in [1.807, 2.05) is 37.2 Å². The van der Waals surface area contributed by atoms with Crippen molar-refractivity contribution >= 4 is 51.7 Å². The van der Waals surface area contributed by atoms with E-state index < -0.39 is 35.4 Å². The van der Waals surface area contributed by atoms with E-state index in [-0.39, 0.29) is 42.5 Å². The second-order valence-corrected chi connectivity index (χ2v) is 23.2. The Morgan fingerprint density at radius 1 is 1.00 bits per heavy atom. The number of aryl methyl sites for hydroxylation is 1. The number of likely N-dealkylation sites (tertiary alicyclic amines) is 2. The molecule has 72 heavy (non-hydrogen) atoms. The number of carbonyl (C=O) groups is 4. The molecular weight excluding hydrogens is 931 g/mol. The molecule has 4 aromatic rings. The number of pyridine rings is 1. The number of thiazole rings is 1. The fourth-order valence-corrected chi connectivity index (χ4v) is 12.6. The molecule has 4 fully saturated rings. The van der Waals surface area contributed by atoms with E-state index in [1.54, 1.807) is 19.1 Å². The van der Waals surface area contributed by atoms with Crippen LogP contribution in [0.25, 0.3) is 33.4 Å². The van der Waals surface area contributed by atoms with E-state index in [9.17, 15) is 19.2 Å². The lowest BCUT2D eigenvalue weighted by atomic mass is 9.76. The maximum absolute atomic E-state index is 14.8. The van der Waals surface area contributed by atoms with E-state index in [0.717, 1.165) is 109 Å². The summed E-state index contributed by atoms with van der Waals surface area (Å²) in [4.78, 5) is 78.8. The first-order valence-electron chi connectivity index (χ1n) is 26.2. The van der Waals surface area contributed by atoms with Crippen molar-refractivity contribution in [1.29, 1.82) is 0 Å². The summed E-state index contributed by atoms with van der Waals surface area (Å²) in [6.45, 7) is 19.8. The number of ether oxygens (including phenoxy) is 2. The third-order valence-corrected chi connectivity index (χ3v) is 17.1. The predicted molar refractivity (Wildman–Crippen MR) is 282 cm³/mol. The zero-order chi connectivity index (χ0) is 51.2. The first-order valence-corrected chi connectivity index (χ1v) is 27.1. The van der Waals surface area contributed by atoms with E-state index in [0.29, 0.717) is 43.9 Å². The number of piperazine rings is 1. The number of nitrogens with one attached hydrogen (secondary N) is 2. The van der Waals surface area contributed by atoms with Gasteiger partial charge in [-0.25, -0.2) is 15.2 Å². The second kappa shape index (κ2) is 21.0. The second-order valence-electron chi connectivity index (χ2n) is 22.3. The Hall–Kier alpha value is -5.14. The summed E-state index contributed by atoms with van der Waals surface area (Å²) < 4.78 is 14.6. The molecule has 4 atom stereocenters. The molecule has 18 heteroatoms. The lowest BCUT2D eigenvalue weighted by molar-refractivity contribution is -0.155. The van der Waals surface area contributed by atoms with Gasteiger partial charge in [0.05, 0.1) is 46.7 Å². The van der Waals surface area contributed by atoms with Crippen molar-refractivity contribution in [3.63, 3.8) is 0 Å². The molecule has 1 aromatic carbocycles. The summed E-state index contributed by atoms with van der Waals surface area (Å²) in [6, 6.07) is 5.99. The molecular formula is C54H77N11O6S. The van der Waals surface area contributed by atoms with Crippen molar-refractivity contribution in [3.05, 3.63) is 52.1 Å². The van der Waals surface area contributed by atoms with Gasteiger partial charge in [0, 0.05) is 118 Å². The Bertz CT molecular complexity index is 2650. The van der Waals surface area contributed by atoms with Gasteiger partial charge < -0.3 is 43.9 Å². The molecule has 17 nitrogen and oxygen atoms in total. The van der Waals surface area contributed by atoms with Crippen molar-refractivity contribution in [2.24, 2.45) is 11.3 Å². The fourth-order valence-electron chi connectivity index (χ4n) is 11.7. The molecule has 4 saturated heterocycles. The molecule has 1 spiro atoms. The number of rotatable bonds is 9. The minimum absolute atomic E-state index is 0.114. The standard InChI is InChI=1S/C54H77N11O6S/c1-11-63-44-15-14-36-27-38(44)40(48(63)39-28-37(31-55-46(39)35(4)70-10)62-25-23-60(8)24-26-62)30-53(5,6)33-71-51(68)41-13-12-19-65(58-41)50(67)42(29-45-56-43(36)32-72-45)57-49(66)47(34(2)3)61(9)52(69)64-22-18-54(64)16-20-59(7)21-17-54/h14-15,27-28,31-32,34-35,41-42,47,58H,11-13,16-26,29-30,33H2,1-10H3,(H,57,66)/t35-,41-,42-,47?/m0/s1. The summed E-state index contributed by atoms with van der Waals surface area (Å²) in [5.41, 5.74) is 10.4. The van der Waals surface area contributed by atoms with Crippen LogP contribution in [0.4, 0.5) is 10.5 Å². The zero-order valence-electron chi connectivity index (χ0n) is 44.3. The highest BCUT2D eigenvalue weighted by atomic mass is 32.1. The summed E-state index contributed by atoms with van der Waals surface area (Å²) in [6.07, 6.45) is 6.23. The van der Waals surface area contributed by atoms with Crippen LogP contribution in [0.2, 0.25) is 0 Å². The number of carbonyl (C=O) groups excluding carboxylic acids is 4. The summed E-state index contributed by atoms with van der Waals surface area (Å²) in [5, 5.41) is 8.35. The molecule has 4 amide bonds. The topological polar surface area (TPSA) is 161 Å². The predicted octanol–water partition coefficient (Wildman–Crippen LogP) is 6.20. The number of esters is 1. The molecule has 5 aliphatic heterocycles. The van der Waals surface area contributed by atoms with Crippen LogP contribution in [0.5, 0.6) is 0 Å². The van der Waals surface area contributed by atoms with Gasteiger partial charge in [-0.15, -0.1) is 11.3 Å². The van der Waals surface area contributed by atoms with Gasteiger partial charge in [0.1, 0.15) is 18.1 Å². The number of urea groups is 1. The Labute approximate surface area is 429 Å². The van der Waals surface area contributed by atoms with E-state index in [2.05, 4.69) is 89.1 Å². The molecule has 1 unspecified atom stereocenters. The van der Waals surface area contributed by atoms with Crippen molar-refractivity contribution < 1.29 is 28.7 Å². The third-order valence-electron chi connectivity index (χ3n) is 16.2. The van der Waals surface area contributed by atoms with E-state index in [4.69, 9.17) is 19.4 Å². The first kappa shape index (κ1) is 51.7. The number of aromatic nitrogens is 3. The average molecular weight is 1010 g/mol. The van der Waals surface area contributed by atoms with Crippen LogP contribution < -0.4 is 15.6 Å². The first-order chi connectivity index (χ1) is 34.4. The van der Waals surface area contributed by atoms with E-state index in [1.165, 1.54) is 16.3 Å². The third kappa shape index (κ3) is 10.2. The van der Waals surface area contributed by atoms with Crippen LogP contribution in [0.15, 0.2) is 35.8 Å². The largest absolute Gasteiger partial charge is 0.464 e. The highest BCUT2D eigenvalue weighted by molar-refractivity contribution is 7.10. The molecule has 2 N–H and O–H groups in total. The van der Waals surface area contributed by atoms with Gasteiger partial charge in [-0.3, -0.25) is 24.4 Å².